The van der Waals surface area contributed by atoms with Gasteiger partial charge in [0.2, 0.25) is 0 Å². The van der Waals surface area contributed by atoms with Gasteiger partial charge in [-0.05, 0) is 93.8 Å². The molecule has 162 valence electrons. The second-order valence-electron chi connectivity index (χ2n) is 10.6. The van der Waals surface area contributed by atoms with Crippen LogP contribution in [-0.4, -0.2) is 12.1 Å². The first-order valence-corrected chi connectivity index (χ1v) is 12.8. The molecule has 0 radical (unpaired) electrons. The summed E-state index contributed by atoms with van der Waals surface area (Å²) in [5, 5.41) is 0. The first kappa shape index (κ1) is 22.2. The lowest BCUT2D eigenvalue weighted by Crippen LogP contribution is -2.34. The molecule has 0 aromatic carbocycles. The van der Waals surface area contributed by atoms with Crippen LogP contribution in [0, 0.1) is 35.5 Å². The van der Waals surface area contributed by atoms with Crippen LogP contribution in [0.3, 0.4) is 0 Å². The third-order valence-electron chi connectivity index (χ3n) is 8.53. The van der Waals surface area contributed by atoms with Gasteiger partial charge in [-0.25, -0.2) is 0 Å². The maximum absolute atomic E-state index is 12.7. The van der Waals surface area contributed by atoms with E-state index in [0.29, 0.717) is 0 Å². The van der Waals surface area contributed by atoms with Crippen molar-refractivity contribution in [1.82, 2.24) is 0 Å². The quantitative estimate of drug-likeness (QED) is 0.419. The van der Waals surface area contributed by atoms with E-state index in [-0.39, 0.29) is 18.0 Å². The third-order valence-corrected chi connectivity index (χ3v) is 8.53. The lowest BCUT2D eigenvalue weighted by atomic mass is 9.64. The minimum atomic E-state index is 0.136. The molecule has 3 aliphatic rings. The van der Waals surface area contributed by atoms with E-state index in [4.69, 9.17) is 4.74 Å². The second-order valence-corrected chi connectivity index (χ2v) is 10.6. The number of rotatable bonds is 7. The zero-order chi connectivity index (χ0) is 19.9. The molecular weight excluding hydrogens is 344 g/mol. The van der Waals surface area contributed by atoms with Crippen molar-refractivity contribution in [3.05, 3.63) is 0 Å². The van der Waals surface area contributed by atoms with Gasteiger partial charge in [-0.3, -0.25) is 4.79 Å². The number of esters is 1. The van der Waals surface area contributed by atoms with Crippen molar-refractivity contribution in [2.75, 3.05) is 0 Å². The van der Waals surface area contributed by atoms with Crippen molar-refractivity contribution in [2.45, 2.75) is 123 Å². The third kappa shape index (κ3) is 5.99. The highest BCUT2D eigenvalue weighted by Crippen LogP contribution is 2.45. The van der Waals surface area contributed by atoms with Crippen LogP contribution in [-0.2, 0) is 9.53 Å². The molecule has 2 heteroatoms. The fourth-order valence-electron chi connectivity index (χ4n) is 6.89. The number of hydrogen-bond acceptors (Lipinski definition) is 2. The average molecular weight is 391 g/mol. The first-order valence-electron chi connectivity index (χ1n) is 12.8. The molecule has 3 fully saturated rings. The van der Waals surface area contributed by atoms with Gasteiger partial charge < -0.3 is 4.74 Å². The summed E-state index contributed by atoms with van der Waals surface area (Å²) in [6.07, 6.45) is 19.4. The van der Waals surface area contributed by atoms with Gasteiger partial charge in [-0.2, -0.15) is 0 Å². The summed E-state index contributed by atoms with van der Waals surface area (Å²) < 4.78 is 5.96. The summed E-state index contributed by atoms with van der Waals surface area (Å²) in [5.74, 6) is 4.86. The van der Waals surface area contributed by atoms with Gasteiger partial charge in [0.1, 0.15) is 6.10 Å². The highest BCUT2D eigenvalue weighted by atomic mass is 16.5. The van der Waals surface area contributed by atoms with Crippen molar-refractivity contribution in [3.8, 4) is 0 Å². The molecular formula is C26H46O2. The molecule has 0 aromatic rings. The highest BCUT2D eigenvalue weighted by molar-refractivity contribution is 5.72. The van der Waals surface area contributed by atoms with E-state index in [2.05, 4.69) is 20.8 Å². The Labute approximate surface area is 174 Å². The smallest absolute Gasteiger partial charge is 0.309 e. The average Bonchev–Trinajstić information content (AvgIpc) is 2.70. The van der Waals surface area contributed by atoms with E-state index >= 15 is 0 Å². The van der Waals surface area contributed by atoms with Gasteiger partial charge in [-0.1, -0.05) is 52.9 Å². The lowest BCUT2D eigenvalue weighted by molar-refractivity contribution is -0.157. The Morgan fingerprint density at radius 3 is 2.00 bits per heavy atom. The Hall–Kier alpha value is -0.530. The topological polar surface area (TPSA) is 26.3 Å². The van der Waals surface area contributed by atoms with E-state index in [0.717, 1.165) is 55.3 Å². The van der Waals surface area contributed by atoms with Crippen LogP contribution < -0.4 is 0 Å². The van der Waals surface area contributed by atoms with Crippen LogP contribution in [0.4, 0.5) is 0 Å². The predicted molar refractivity (Wildman–Crippen MR) is 117 cm³/mol. The van der Waals surface area contributed by atoms with Crippen molar-refractivity contribution in [2.24, 2.45) is 35.5 Å². The lowest BCUT2D eigenvalue weighted by Gasteiger charge is -2.41. The van der Waals surface area contributed by atoms with Gasteiger partial charge >= 0.3 is 5.97 Å². The Kier molecular flexibility index (Phi) is 8.72. The molecule has 0 bridgehead atoms. The van der Waals surface area contributed by atoms with Crippen molar-refractivity contribution in [3.63, 3.8) is 0 Å². The van der Waals surface area contributed by atoms with Crippen LogP contribution >= 0.6 is 0 Å². The zero-order valence-electron chi connectivity index (χ0n) is 19.0. The summed E-state index contributed by atoms with van der Waals surface area (Å²) in [7, 11) is 0. The Morgan fingerprint density at radius 2 is 1.39 bits per heavy atom. The maximum atomic E-state index is 12.7. The van der Waals surface area contributed by atoms with E-state index in [1.165, 1.54) is 70.6 Å². The molecule has 0 spiro atoms. The highest BCUT2D eigenvalue weighted by Gasteiger charge is 2.37. The number of carbonyl (C=O) groups excluding carboxylic acids is 1. The van der Waals surface area contributed by atoms with E-state index in [1.807, 2.05) is 0 Å². The number of hydrogen-bond donors (Lipinski definition) is 0. The first-order chi connectivity index (χ1) is 13.6. The molecule has 3 saturated carbocycles. The SMILES string of the molecule is CCCC1CCC([C@H]2CC[C@H](C(=O)O[C@H]3CC[C@H](CCC)CC3)CC2)C(C)C1. The Bertz CT molecular complexity index is 457. The summed E-state index contributed by atoms with van der Waals surface area (Å²) in [6.45, 7) is 7.11. The van der Waals surface area contributed by atoms with Gasteiger partial charge in [0.25, 0.3) is 0 Å². The van der Waals surface area contributed by atoms with E-state index in [1.54, 1.807) is 0 Å². The number of carbonyl (C=O) groups is 1. The fraction of sp³-hybridized carbons (Fsp3) is 0.962. The van der Waals surface area contributed by atoms with Crippen LogP contribution in [0.25, 0.3) is 0 Å². The maximum Gasteiger partial charge on any atom is 0.309 e. The molecule has 3 unspecified atom stereocenters. The Balaban J connectivity index is 1.37. The normalized spacial score (nSPS) is 39.5. The van der Waals surface area contributed by atoms with Crippen LogP contribution in [0.15, 0.2) is 0 Å². The van der Waals surface area contributed by atoms with Crippen molar-refractivity contribution < 1.29 is 9.53 Å². The molecule has 0 heterocycles. The van der Waals surface area contributed by atoms with Crippen molar-refractivity contribution in [1.29, 1.82) is 0 Å². The van der Waals surface area contributed by atoms with E-state index < -0.39 is 0 Å². The standard InChI is InChI=1S/C26H46O2/c1-4-6-20-8-15-24(16-9-20)28-26(27)23-13-11-22(12-14-23)25-17-10-21(7-5-2)18-19(25)3/h19-25H,4-18H2,1-3H3/t19?,20-,21?,22-,23-,24-,25?. The molecule has 0 amide bonds. The molecule has 0 aromatic heterocycles. The van der Waals surface area contributed by atoms with Gasteiger partial charge in [0.05, 0.1) is 5.92 Å². The molecule has 0 saturated heterocycles. The summed E-state index contributed by atoms with van der Waals surface area (Å²) >= 11 is 0. The van der Waals surface area contributed by atoms with Crippen molar-refractivity contribution >= 4 is 5.97 Å². The molecule has 0 N–H and O–H groups in total. The summed E-state index contributed by atoms with van der Waals surface area (Å²) in [4.78, 5) is 12.7. The monoisotopic (exact) mass is 390 g/mol. The molecule has 3 aliphatic carbocycles. The zero-order valence-corrected chi connectivity index (χ0v) is 19.0. The fourth-order valence-corrected chi connectivity index (χ4v) is 6.89. The van der Waals surface area contributed by atoms with Gasteiger partial charge in [-0.15, -0.1) is 0 Å². The molecule has 3 rings (SSSR count). The summed E-state index contributed by atoms with van der Waals surface area (Å²) in [5.41, 5.74) is 0. The molecule has 2 nitrogen and oxygen atoms in total. The minimum Gasteiger partial charge on any atom is -0.462 e. The Morgan fingerprint density at radius 1 is 0.786 bits per heavy atom. The van der Waals surface area contributed by atoms with Gasteiger partial charge in [0.15, 0.2) is 0 Å². The second kappa shape index (κ2) is 11.0. The van der Waals surface area contributed by atoms with Gasteiger partial charge in [0, 0.05) is 0 Å². The number of ether oxygens (including phenoxy) is 1. The predicted octanol–water partition coefficient (Wildman–Crippen LogP) is 7.55. The van der Waals surface area contributed by atoms with Crippen LogP contribution in [0.1, 0.15) is 117 Å². The minimum absolute atomic E-state index is 0.136. The molecule has 0 aliphatic heterocycles. The largest absolute Gasteiger partial charge is 0.462 e. The molecule has 28 heavy (non-hydrogen) atoms. The summed E-state index contributed by atoms with van der Waals surface area (Å²) in [6, 6.07) is 0. The van der Waals surface area contributed by atoms with Crippen LogP contribution in [0.5, 0.6) is 0 Å². The van der Waals surface area contributed by atoms with E-state index in [9.17, 15) is 4.79 Å². The van der Waals surface area contributed by atoms with Crippen LogP contribution in [0.2, 0.25) is 0 Å². The molecule has 3 atom stereocenters.